The van der Waals surface area contributed by atoms with Crippen LogP contribution in [-0.2, 0) is 27.2 Å². The van der Waals surface area contributed by atoms with Gasteiger partial charge in [-0.1, -0.05) is 67.6 Å². The molecule has 0 radical (unpaired) electrons. The number of benzene rings is 2. The van der Waals surface area contributed by atoms with Gasteiger partial charge in [-0.2, -0.15) is 5.26 Å². The van der Waals surface area contributed by atoms with E-state index in [4.69, 9.17) is 4.74 Å². The molecule has 1 aromatic heterocycles. The largest absolute Gasteiger partial charge is 0.455 e. The van der Waals surface area contributed by atoms with Gasteiger partial charge in [0.1, 0.15) is 17.0 Å². The summed E-state index contributed by atoms with van der Waals surface area (Å²) < 4.78 is 5.41. The second-order valence-corrected chi connectivity index (χ2v) is 9.18. The molecule has 1 N–H and O–H groups in total. The average Bonchev–Trinajstić information content (AvgIpc) is 3.15. The smallest absolute Gasteiger partial charge is 0.318 e. The first-order valence-electron chi connectivity index (χ1n) is 10.7. The Hall–Kier alpha value is -3.43. The summed E-state index contributed by atoms with van der Waals surface area (Å²) in [5.74, 6) is -0.973. The minimum Gasteiger partial charge on any atom is -0.455 e. The van der Waals surface area contributed by atoms with E-state index in [0.717, 1.165) is 36.0 Å². The minimum absolute atomic E-state index is 0.404. The molecule has 0 saturated heterocycles. The zero-order valence-corrected chi connectivity index (χ0v) is 18.7. The van der Waals surface area contributed by atoms with Gasteiger partial charge in [-0.05, 0) is 41.9 Å². The summed E-state index contributed by atoms with van der Waals surface area (Å²) in [6.07, 6.45) is 2.83. The van der Waals surface area contributed by atoms with Crippen molar-refractivity contribution in [3.63, 3.8) is 0 Å². The van der Waals surface area contributed by atoms with Gasteiger partial charge in [-0.3, -0.25) is 9.59 Å². The molecular formula is C26H24N2O3S. The molecule has 5 nitrogen and oxygen atoms in total. The molecule has 0 unspecified atom stereocenters. The molecule has 32 heavy (non-hydrogen) atoms. The number of amides is 1. The first kappa shape index (κ1) is 21.8. The Morgan fingerprint density at radius 3 is 2.34 bits per heavy atom. The number of fused-ring (bicyclic) bond motifs is 1. The molecule has 2 aromatic carbocycles. The molecule has 0 aliphatic heterocycles. The maximum atomic E-state index is 13.0. The lowest BCUT2D eigenvalue weighted by atomic mass is 9.89. The predicted molar refractivity (Wildman–Crippen MR) is 125 cm³/mol. The highest BCUT2D eigenvalue weighted by molar-refractivity contribution is 7.16. The van der Waals surface area contributed by atoms with E-state index in [1.165, 1.54) is 16.2 Å². The molecule has 3 aromatic rings. The van der Waals surface area contributed by atoms with Crippen molar-refractivity contribution in [2.24, 2.45) is 5.92 Å². The van der Waals surface area contributed by atoms with Crippen LogP contribution < -0.4 is 5.32 Å². The first-order valence-corrected chi connectivity index (χ1v) is 11.5. The normalized spacial score (nSPS) is 15.0. The van der Waals surface area contributed by atoms with Crippen LogP contribution in [0.4, 0.5) is 5.00 Å². The van der Waals surface area contributed by atoms with Gasteiger partial charge in [-0.25, -0.2) is 0 Å². The topological polar surface area (TPSA) is 79.2 Å². The van der Waals surface area contributed by atoms with Crippen molar-refractivity contribution in [3.8, 4) is 6.07 Å². The molecule has 1 amide bonds. The lowest BCUT2D eigenvalue weighted by Gasteiger charge is -2.17. The van der Waals surface area contributed by atoms with E-state index < -0.39 is 24.4 Å². The monoisotopic (exact) mass is 444 g/mol. The highest BCUT2D eigenvalue weighted by Gasteiger charge is 2.27. The number of hydrogen-bond acceptors (Lipinski definition) is 5. The molecule has 0 fully saturated rings. The summed E-state index contributed by atoms with van der Waals surface area (Å²) >= 11 is 1.46. The first-order chi connectivity index (χ1) is 15.6. The maximum absolute atomic E-state index is 13.0. The van der Waals surface area contributed by atoms with Gasteiger partial charge in [0.15, 0.2) is 6.61 Å². The SMILES string of the molecule is C[C@H]1CCc2c(sc(NC(=O)COC(=O)C(c3ccccc3)c3ccccc3)c2C#N)C1. The Kier molecular flexibility index (Phi) is 6.67. The third-order valence-corrected chi connectivity index (χ3v) is 6.89. The molecule has 6 heteroatoms. The van der Waals surface area contributed by atoms with Gasteiger partial charge in [0.2, 0.25) is 0 Å². The number of carbonyl (C=O) groups excluding carboxylic acids is 2. The number of thiophene rings is 1. The van der Waals surface area contributed by atoms with E-state index in [-0.39, 0.29) is 0 Å². The van der Waals surface area contributed by atoms with Gasteiger partial charge < -0.3 is 10.1 Å². The van der Waals surface area contributed by atoms with Crippen molar-refractivity contribution in [2.75, 3.05) is 11.9 Å². The standard InChI is InChI=1S/C26H24N2O3S/c1-17-12-13-20-21(15-27)25(32-22(20)14-17)28-23(29)16-31-26(30)24(18-8-4-2-5-9-18)19-10-6-3-7-11-19/h2-11,17,24H,12-14,16H2,1H3,(H,28,29)/t17-/m0/s1. The third kappa shape index (κ3) is 4.74. The highest BCUT2D eigenvalue weighted by Crippen LogP contribution is 2.39. The van der Waals surface area contributed by atoms with Crippen molar-refractivity contribution < 1.29 is 14.3 Å². The molecular weight excluding hydrogens is 420 g/mol. The molecule has 4 rings (SSSR count). The summed E-state index contributed by atoms with van der Waals surface area (Å²) in [5, 5.41) is 12.9. The van der Waals surface area contributed by atoms with E-state index in [1.54, 1.807) is 0 Å². The third-order valence-electron chi connectivity index (χ3n) is 5.72. The number of hydrogen-bond donors (Lipinski definition) is 1. The molecule has 162 valence electrons. The summed E-state index contributed by atoms with van der Waals surface area (Å²) in [7, 11) is 0. The Morgan fingerprint density at radius 1 is 1.12 bits per heavy atom. The number of anilines is 1. The second-order valence-electron chi connectivity index (χ2n) is 8.08. The number of esters is 1. The summed E-state index contributed by atoms with van der Waals surface area (Å²) in [6, 6.07) is 21.0. The van der Waals surface area contributed by atoms with E-state index in [0.29, 0.717) is 16.5 Å². The minimum atomic E-state index is -0.615. The molecule has 1 aliphatic rings. The van der Waals surface area contributed by atoms with Gasteiger partial charge in [0.05, 0.1) is 5.56 Å². The molecule has 0 saturated carbocycles. The van der Waals surface area contributed by atoms with Crippen LogP contribution in [0.2, 0.25) is 0 Å². The van der Waals surface area contributed by atoms with Gasteiger partial charge in [0.25, 0.3) is 5.91 Å². The van der Waals surface area contributed by atoms with Crippen LogP contribution in [0.1, 0.15) is 46.4 Å². The van der Waals surface area contributed by atoms with Crippen molar-refractivity contribution in [3.05, 3.63) is 87.8 Å². The van der Waals surface area contributed by atoms with Crippen LogP contribution in [0.3, 0.4) is 0 Å². The van der Waals surface area contributed by atoms with E-state index in [9.17, 15) is 14.9 Å². The maximum Gasteiger partial charge on any atom is 0.318 e. The quantitative estimate of drug-likeness (QED) is 0.539. The summed E-state index contributed by atoms with van der Waals surface area (Å²) in [5.41, 5.74) is 3.20. The van der Waals surface area contributed by atoms with Crippen LogP contribution >= 0.6 is 11.3 Å². The Morgan fingerprint density at radius 2 is 1.75 bits per heavy atom. The Bertz CT molecular complexity index is 1110. The van der Waals surface area contributed by atoms with Crippen LogP contribution in [-0.4, -0.2) is 18.5 Å². The van der Waals surface area contributed by atoms with E-state index in [2.05, 4.69) is 18.3 Å². The number of nitrogens with zero attached hydrogens (tertiary/aromatic N) is 1. The number of nitrogens with one attached hydrogen (secondary N) is 1. The predicted octanol–water partition coefficient (Wildman–Crippen LogP) is 5.06. The summed E-state index contributed by atoms with van der Waals surface area (Å²) in [6.45, 7) is 1.79. The van der Waals surface area contributed by atoms with Gasteiger partial charge in [0, 0.05) is 4.88 Å². The number of rotatable bonds is 6. The fourth-order valence-electron chi connectivity index (χ4n) is 4.10. The van der Waals surface area contributed by atoms with E-state index >= 15 is 0 Å². The van der Waals surface area contributed by atoms with Gasteiger partial charge >= 0.3 is 5.97 Å². The highest BCUT2D eigenvalue weighted by atomic mass is 32.1. The molecule has 1 atom stereocenters. The van der Waals surface area contributed by atoms with Crippen LogP contribution in [0, 0.1) is 17.2 Å². The van der Waals surface area contributed by atoms with Crippen molar-refractivity contribution in [1.29, 1.82) is 5.26 Å². The van der Waals surface area contributed by atoms with Crippen molar-refractivity contribution in [1.82, 2.24) is 0 Å². The Labute approximate surface area is 191 Å². The zero-order valence-electron chi connectivity index (χ0n) is 17.8. The van der Waals surface area contributed by atoms with Crippen LogP contribution in [0.25, 0.3) is 0 Å². The zero-order chi connectivity index (χ0) is 22.5. The number of carbonyl (C=O) groups is 2. The molecule has 1 aliphatic carbocycles. The lowest BCUT2D eigenvalue weighted by Crippen LogP contribution is -2.24. The number of ether oxygens (including phenoxy) is 1. The van der Waals surface area contributed by atoms with Crippen LogP contribution in [0.15, 0.2) is 60.7 Å². The van der Waals surface area contributed by atoms with E-state index in [1.807, 2.05) is 60.7 Å². The fraction of sp³-hybridized carbons (Fsp3) is 0.269. The molecule has 0 bridgehead atoms. The lowest BCUT2D eigenvalue weighted by molar-refractivity contribution is -0.147. The van der Waals surface area contributed by atoms with Crippen LogP contribution in [0.5, 0.6) is 0 Å². The average molecular weight is 445 g/mol. The van der Waals surface area contributed by atoms with Gasteiger partial charge in [-0.15, -0.1) is 11.3 Å². The number of nitriles is 1. The second kappa shape index (κ2) is 9.80. The molecule has 1 heterocycles. The van der Waals surface area contributed by atoms with Crippen molar-refractivity contribution in [2.45, 2.75) is 32.1 Å². The summed E-state index contributed by atoms with van der Waals surface area (Å²) in [4.78, 5) is 26.7. The molecule has 0 spiro atoms. The van der Waals surface area contributed by atoms with Crippen molar-refractivity contribution >= 4 is 28.2 Å². The fourth-order valence-corrected chi connectivity index (χ4v) is 5.47. The Balaban J connectivity index is 1.45.